The molecule has 0 aliphatic carbocycles. The Balaban J connectivity index is 1.97. The molecule has 0 radical (unpaired) electrons. The summed E-state index contributed by atoms with van der Waals surface area (Å²) in [5.74, 6) is 0.310. The normalized spacial score (nSPS) is 17.1. The van der Waals surface area contributed by atoms with Gasteiger partial charge in [-0.25, -0.2) is 8.42 Å². The minimum Gasteiger partial charge on any atom is -0.506 e. The minimum atomic E-state index is -2.91. The van der Waals surface area contributed by atoms with Gasteiger partial charge >= 0.3 is 0 Å². The molecule has 0 spiro atoms. The molecule has 21 heavy (non-hydrogen) atoms. The first-order valence-corrected chi connectivity index (χ1v) is 9.06. The standard InChI is InChI=1S/C14H23N3O3S/c1-11-9-12(15)14(18)10-13(11)17-5-3-16(4-6-17)7-8-21(2,19)20/h9-10,18H,3-8,15H2,1-2H3. The molecule has 7 heteroatoms. The Bertz CT molecular complexity index is 608. The van der Waals surface area contributed by atoms with Crippen LogP contribution in [0, 0.1) is 6.92 Å². The van der Waals surface area contributed by atoms with Crippen molar-refractivity contribution in [2.45, 2.75) is 6.92 Å². The molecule has 0 aromatic heterocycles. The summed E-state index contributed by atoms with van der Waals surface area (Å²) in [6.07, 6.45) is 1.27. The molecule has 118 valence electrons. The highest BCUT2D eigenvalue weighted by Crippen LogP contribution is 2.30. The Morgan fingerprint density at radius 3 is 2.43 bits per heavy atom. The summed E-state index contributed by atoms with van der Waals surface area (Å²) in [6, 6.07) is 3.48. The van der Waals surface area contributed by atoms with E-state index in [0.717, 1.165) is 37.4 Å². The van der Waals surface area contributed by atoms with Crippen molar-refractivity contribution in [1.82, 2.24) is 4.90 Å². The number of rotatable bonds is 4. The molecule has 0 saturated carbocycles. The fourth-order valence-corrected chi connectivity index (χ4v) is 3.15. The third-order valence-electron chi connectivity index (χ3n) is 3.84. The van der Waals surface area contributed by atoms with Crippen molar-refractivity contribution in [3.8, 4) is 5.75 Å². The van der Waals surface area contributed by atoms with Gasteiger partial charge in [0.1, 0.15) is 15.6 Å². The predicted molar refractivity (Wildman–Crippen MR) is 85.6 cm³/mol. The van der Waals surface area contributed by atoms with Crippen LogP contribution in [0.25, 0.3) is 0 Å². The molecule has 1 heterocycles. The lowest BCUT2D eigenvalue weighted by molar-refractivity contribution is 0.272. The number of anilines is 2. The van der Waals surface area contributed by atoms with Gasteiger partial charge in [0.05, 0.1) is 11.4 Å². The number of hydrogen-bond acceptors (Lipinski definition) is 6. The maximum atomic E-state index is 11.2. The number of aromatic hydroxyl groups is 1. The van der Waals surface area contributed by atoms with Crippen LogP contribution >= 0.6 is 0 Å². The molecule has 6 nitrogen and oxygen atoms in total. The number of phenols is 1. The molecule has 0 unspecified atom stereocenters. The summed E-state index contributed by atoms with van der Waals surface area (Å²) in [5.41, 5.74) is 8.11. The van der Waals surface area contributed by atoms with E-state index >= 15 is 0 Å². The Morgan fingerprint density at radius 1 is 1.24 bits per heavy atom. The van der Waals surface area contributed by atoms with Crippen LogP contribution in [-0.2, 0) is 9.84 Å². The molecule has 2 rings (SSSR count). The van der Waals surface area contributed by atoms with Gasteiger partial charge in [0.2, 0.25) is 0 Å². The molecule has 1 saturated heterocycles. The van der Waals surface area contributed by atoms with Crippen LogP contribution < -0.4 is 10.6 Å². The van der Waals surface area contributed by atoms with Gasteiger partial charge in [0.15, 0.2) is 0 Å². The highest BCUT2D eigenvalue weighted by molar-refractivity contribution is 7.90. The molecular weight excluding hydrogens is 290 g/mol. The lowest BCUT2D eigenvalue weighted by Crippen LogP contribution is -2.47. The molecule has 1 fully saturated rings. The summed E-state index contributed by atoms with van der Waals surface area (Å²) in [6.45, 7) is 5.82. The van der Waals surface area contributed by atoms with E-state index in [1.54, 1.807) is 12.1 Å². The molecule has 1 aliphatic heterocycles. The Morgan fingerprint density at radius 2 is 1.86 bits per heavy atom. The number of phenolic OH excluding ortho intramolecular Hbond substituents is 1. The van der Waals surface area contributed by atoms with E-state index in [4.69, 9.17) is 5.73 Å². The van der Waals surface area contributed by atoms with Crippen molar-refractivity contribution >= 4 is 21.2 Å². The summed E-state index contributed by atoms with van der Waals surface area (Å²) in [4.78, 5) is 4.36. The van der Waals surface area contributed by atoms with Crippen LogP contribution in [0.2, 0.25) is 0 Å². The van der Waals surface area contributed by atoms with E-state index in [2.05, 4.69) is 9.80 Å². The van der Waals surface area contributed by atoms with Gasteiger partial charge in [-0.15, -0.1) is 0 Å². The van der Waals surface area contributed by atoms with Gasteiger partial charge in [-0.3, -0.25) is 4.90 Å². The van der Waals surface area contributed by atoms with E-state index in [1.807, 2.05) is 6.92 Å². The first kappa shape index (κ1) is 15.9. The van der Waals surface area contributed by atoms with Crippen LogP contribution in [0.4, 0.5) is 11.4 Å². The van der Waals surface area contributed by atoms with Crippen LogP contribution in [0.15, 0.2) is 12.1 Å². The molecular formula is C14H23N3O3S. The molecule has 0 bridgehead atoms. The first-order chi connectivity index (χ1) is 9.76. The number of hydrogen-bond donors (Lipinski definition) is 2. The number of sulfone groups is 1. The van der Waals surface area contributed by atoms with Crippen molar-refractivity contribution in [2.24, 2.45) is 0 Å². The van der Waals surface area contributed by atoms with E-state index in [9.17, 15) is 13.5 Å². The Hall–Kier alpha value is -1.47. The fraction of sp³-hybridized carbons (Fsp3) is 0.571. The van der Waals surface area contributed by atoms with Crippen LogP contribution in [0.3, 0.4) is 0 Å². The van der Waals surface area contributed by atoms with Crippen molar-refractivity contribution < 1.29 is 13.5 Å². The van der Waals surface area contributed by atoms with Crippen molar-refractivity contribution in [1.29, 1.82) is 0 Å². The summed E-state index contributed by atoms with van der Waals surface area (Å²) in [7, 11) is -2.91. The fourth-order valence-electron chi connectivity index (χ4n) is 2.56. The maximum absolute atomic E-state index is 11.2. The zero-order valence-electron chi connectivity index (χ0n) is 12.5. The number of nitrogen functional groups attached to an aromatic ring is 1. The second-order valence-electron chi connectivity index (χ2n) is 5.66. The Kier molecular flexibility index (Phi) is 4.63. The molecule has 0 atom stereocenters. The van der Waals surface area contributed by atoms with E-state index < -0.39 is 9.84 Å². The lowest BCUT2D eigenvalue weighted by Gasteiger charge is -2.36. The zero-order valence-corrected chi connectivity index (χ0v) is 13.4. The zero-order chi connectivity index (χ0) is 15.6. The van der Waals surface area contributed by atoms with E-state index in [1.165, 1.54) is 6.26 Å². The quantitative estimate of drug-likeness (QED) is 0.620. The molecule has 1 aliphatic rings. The van der Waals surface area contributed by atoms with Crippen LogP contribution in [0.5, 0.6) is 5.75 Å². The number of aryl methyl sites for hydroxylation is 1. The predicted octanol–water partition coefficient (Wildman–Crippen LogP) is 0.449. The molecule has 0 amide bonds. The van der Waals surface area contributed by atoms with Gasteiger partial charge in [-0.2, -0.15) is 0 Å². The third kappa shape index (κ3) is 4.25. The smallest absolute Gasteiger partial charge is 0.148 e. The van der Waals surface area contributed by atoms with E-state index in [0.29, 0.717) is 12.2 Å². The van der Waals surface area contributed by atoms with Crippen molar-refractivity contribution in [3.63, 3.8) is 0 Å². The summed E-state index contributed by atoms with van der Waals surface area (Å²) in [5, 5.41) is 9.75. The molecule has 1 aromatic rings. The average Bonchev–Trinajstić information content (AvgIpc) is 2.40. The SMILES string of the molecule is Cc1cc(N)c(O)cc1N1CCN(CCS(C)(=O)=O)CC1. The first-order valence-electron chi connectivity index (χ1n) is 7.00. The Labute approximate surface area is 126 Å². The van der Waals surface area contributed by atoms with Crippen molar-refractivity contribution in [2.75, 3.05) is 55.4 Å². The minimum absolute atomic E-state index is 0.107. The average molecular weight is 313 g/mol. The number of nitrogens with zero attached hydrogens (tertiary/aromatic N) is 2. The molecule has 3 N–H and O–H groups in total. The largest absolute Gasteiger partial charge is 0.506 e. The van der Waals surface area contributed by atoms with Gasteiger partial charge in [-0.1, -0.05) is 0 Å². The summed E-state index contributed by atoms with van der Waals surface area (Å²) < 4.78 is 22.4. The maximum Gasteiger partial charge on any atom is 0.148 e. The van der Waals surface area contributed by atoms with Gasteiger partial charge in [-0.05, 0) is 18.6 Å². The number of nitrogens with two attached hydrogens (primary N) is 1. The van der Waals surface area contributed by atoms with Crippen molar-refractivity contribution in [3.05, 3.63) is 17.7 Å². The highest BCUT2D eigenvalue weighted by atomic mass is 32.2. The number of benzene rings is 1. The summed E-state index contributed by atoms with van der Waals surface area (Å²) >= 11 is 0. The van der Waals surface area contributed by atoms with Crippen LogP contribution in [-0.4, -0.2) is 63.2 Å². The second kappa shape index (κ2) is 6.11. The van der Waals surface area contributed by atoms with Crippen LogP contribution in [0.1, 0.15) is 5.56 Å². The van der Waals surface area contributed by atoms with Gasteiger partial charge in [0, 0.05) is 50.7 Å². The topological polar surface area (TPSA) is 86.9 Å². The number of piperazine rings is 1. The monoisotopic (exact) mass is 313 g/mol. The molecule has 1 aromatic carbocycles. The van der Waals surface area contributed by atoms with Gasteiger partial charge < -0.3 is 15.7 Å². The highest BCUT2D eigenvalue weighted by Gasteiger charge is 2.20. The third-order valence-corrected chi connectivity index (χ3v) is 4.76. The van der Waals surface area contributed by atoms with E-state index in [-0.39, 0.29) is 11.5 Å². The van der Waals surface area contributed by atoms with Gasteiger partial charge in [0.25, 0.3) is 0 Å². The second-order valence-corrected chi connectivity index (χ2v) is 7.92. The lowest BCUT2D eigenvalue weighted by atomic mass is 10.1.